The molecule has 104 valence electrons. The summed E-state index contributed by atoms with van der Waals surface area (Å²) in [5, 5.41) is 12.7. The van der Waals surface area contributed by atoms with Gasteiger partial charge in [0.1, 0.15) is 5.54 Å². The SMILES string of the molecule is CCCCCCOC1CCCC(C#N)(NCC)C1. The maximum Gasteiger partial charge on any atom is 0.109 e. The van der Waals surface area contributed by atoms with E-state index in [-0.39, 0.29) is 11.6 Å². The maximum atomic E-state index is 9.36. The van der Waals surface area contributed by atoms with Crippen LogP contribution in [0.3, 0.4) is 0 Å². The van der Waals surface area contributed by atoms with Crippen molar-refractivity contribution >= 4 is 0 Å². The zero-order valence-corrected chi connectivity index (χ0v) is 12.0. The van der Waals surface area contributed by atoms with Crippen LogP contribution in [0.5, 0.6) is 0 Å². The van der Waals surface area contributed by atoms with E-state index in [1.807, 2.05) is 0 Å². The third-order valence-corrected chi connectivity index (χ3v) is 3.79. The van der Waals surface area contributed by atoms with Crippen LogP contribution in [0.2, 0.25) is 0 Å². The van der Waals surface area contributed by atoms with E-state index in [1.165, 1.54) is 19.3 Å². The van der Waals surface area contributed by atoms with Crippen molar-refractivity contribution in [1.29, 1.82) is 5.26 Å². The molecule has 1 rings (SSSR count). The molecule has 2 unspecified atom stereocenters. The second-order valence-electron chi connectivity index (χ2n) is 5.37. The molecule has 2 atom stereocenters. The van der Waals surface area contributed by atoms with E-state index in [2.05, 4.69) is 25.2 Å². The van der Waals surface area contributed by atoms with Gasteiger partial charge in [0.05, 0.1) is 12.2 Å². The fraction of sp³-hybridized carbons (Fsp3) is 0.933. The minimum absolute atomic E-state index is 0.277. The average molecular weight is 252 g/mol. The second kappa shape index (κ2) is 8.50. The van der Waals surface area contributed by atoms with Crippen molar-refractivity contribution in [3.8, 4) is 6.07 Å². The van der Waals surface area contributed by atoms with E-state index >= 15 is 0 Å². The summed E-state index contributed by atoms with van der Waals surface area (Å²) in [5.74, 6) is 0. The third-order valence-electron chi connectivity index (χ3n) is 3.79. The van der Waals surface area contributed by atoms with Crippen molar-refractivity contribution in [3.05, 3.63) is 0 Å². The molecule has 0 saturated heterocycles. The highest BCUT2D eigenvalue weighted by Crippen LogP contribution is 2.29. The maximum absolute atomic E-state index is 9.36. The number of nitrogens with one attached hydrogen (secondary N) is 1. The summed E-state index contributed by atoms with van der Waals surface area (Å²) in [4.78, 5) is 0. The quantitative estimate of drug-likeness (QED) is 0.673. The van der Waals surface area contributed by atoms with Crippen molar-refractivity contribution in [1.82, 2.24) is 5.32 Å². The largest absolute Gasteiger partial charge is 0.378 e. The predicted octanol–water partition coefficient (Wildman–Crippen LogP) is 3.40. The molecule has 0 radical (unpaired) electrons. The van der Waals surface area contributed by atoms with Gasteiger partial charge in [-0.15, -0.1) is 0 Å². The summed E-state index contributed by atoms with van der Waals surface area (Å²) in [7, 11) is 0. The van der Waals surface area contributed by atoms with E-state index in [0.29, 0.717) is 0 Å². The monoisotopic (exact) mass is 252 g/mol. The Morgan fingerprint density at radius 3 is 2.83 bits per heavy atom. The third kappa shape index (κ3) is 4.96. The number of nitrogens with zero attached hydrogens (tertiary/aromatic N) is 1. The molecule has 0 amide bonds. The molecule has 3 nitrogen and oxygen atoms in total. The van der Waals surface area contributed by atoms with Crippen LogP contribution in [0.1, 0.15) is 65.2 Å². The topological polar surface area (TPSA) is 45.0 Å². The molecule has 3 heteroatoms. The molecule has 1 aliphatic carbocycles. The molecule has 0 aromatic rings. The van der Waals surface area contributed by atoms with Crippen LogP contribution in [-0.2, 0) is 4.74 Å². The lowest BCUT2D eigenvalue weighted by Crippen LogP contribution is -2.49. The molecule has 0 aromatic heterocycles. The molecule has 0 spiro atoms. The summed E-state index contributed by atoms with van der Waals surface area (Å²) in [6, 6.07) is 2.47. The fourth-order valence-corrected chi connectivity index (χ4v) is 2.79. The first kappa shape index (κ1) is 15.5. The first-order valence-electron chi connectivity index (χ1n) is 7.54. The van der Waals surface area contributed by atoms with Gasteiger partial charge in [-0.1, -0.05) is 33.1 Å². The minimum atomic E-state index is -0.332. The minimum Gasteiger partial charge on any atom is -0.378 e. The van der Waals surface area contributed by atoms with Gasteiger partial charge in [0.2, 0.25) is 0 Å². The predicted molar refractivity (Wildman–Crippen MR) is 74.4 cm³/mol. The average Bonchev–Trinajstić information content (AvgIpc) is 2.39. The number of hydrogen-bond acceptors (Lipinski definition) is 3. The van der Waals surface area contributed by atoms with Crippen LogP contribution in [0.15, 0.2) is 0 Å². The molecule has 0 aliphatic heterocycles. The highest BCUT2D eigenvalue weighted by molar-refractivity contribution is 5.10. The van der Waals surface area contributed by atoms with Crippen LogP contribution < -0.4 is 5.32 Å². The van der Waals surface area contributed by atoms with Gasteiger partial charge in [-0.2, -0.15) is 5.26 Å². The Hall–Kier alpha value is -0.590. The first-order chi connectivity index (χ1) is 8.76. The molecule has 0 aromatic carbocycles. The zero-order valence-electron chi connectivity index (χ0n) is 12.0. The Morgan fingerprint density at radius 2 is 2.17 bits per heavy atom. The van der Waals surface area contributed by atoms with Crippen LogP contribution in [0.4, 0.5) is 0 Å². The molecule has 1 saturated carbocycles. The molecule has 0 bridgehead atoms. The van der Waals surface area contributed by atoms with E-state index in [4.69, 9.17) is 4.74 Å². The standard InChI is InChI=1S/C15H28N2O/c1-3-5-6-7-11-18-14-9-8-10-15(12-14,13-16)17-4-2/h14,17H,3-12H2,1-2H3. The van der Waals surface area contributed by atoms with Crippen LogP contribution in [0, 0.1) is 11.3 Å². The number of nitriles is 1. The summed E-state index contributed by atoms with van der Waals surface area (Å²) in [6.07, 6.45) is 9.29. The lowest BCUT2D eigenvalue weighted by atomic mass is 9.81. The Kier molecular flexibility index (Phi) is 7.31. The van der Waals surface area contributed by atoms with Crippen molar-refractivity contribution in [3.63, 3.8) is 0 Å². The molecule has 18 heavy (non-hydrogen) atoms. The van der Waals surface area contributed by atoms with Crippen molar-refractivity contribution in [2.45, 2.75) is 76.9 Å². The summed E-state index contributed by atoms with van der Waals surface area (Å²) < 4.78 is 5.94. The van der Waals surface area contributed by atoms with Crippen molar-refractivity contribution in [2.24, 2.45) is 0 Å². The molecular weight excluding hydrogens is 224 g/mol. The number of hydrogen-bond donors (Lipinski definition) is 1. The van der Waals surface area contributed by atoms with Gasteiger partial charge in [0.25, 0.3) is 0 Å². The molecule has 1 N–H and O–H groups in total. The van der Waals surface area contributed by atoms with Gasteiger partial charge >= 0.3 is 0 Å². The van der Waals surface area contributed by atoms with Gasteiger partial charge in [0.15, 0.2) is 0 Å². The van der Waals surface area contributed by atoms with Gasteiger partial charge in [-0.25, -0.2) is 0 Å². The summed E-state index contributed by atoms with van der Waals surface area (Å²) in [6.45, 7) is 6.00. The second-order valence-corrected chi connectivity index (χ2v) is 5.37. The Balaban J connectivity index is 2.28. The van der Waals surface area contributed by atoms with Crippen LogP contribution in [0.25, 0.3) is 0 Å². The van der Waals surface area contributed by atoms with Gasteiger partial charge in [-0.3, -0.25) is 5.32 Å². The van der Waals surface area contributed by atoms with Crippen molar-refractivity contribution < 1.29 is 4.74 Å². The smallest absolute Gasteiger partial charge is 0.109 e. The molecule has 1 aliphatic rings. The van der Waals surface area contributed by atoms with Crippen molar-refractivity contribution in [2.75, 3.05) is 13.2 Å². The van der Waals surface area contributed by atoms with E-state index in [1.54, 1.807) is 0 Å². The van der Waals surface area contributed by atoms with Gasteiger partial charge in [-0.05, 0) is 32.2 Å². The lowest BCUT2D eigenvalue weighted by Gasteiger charge is -2.36. The number of rotatable bonds is 8. The van der Waals surface area contributed by atoms with Gasteiger partial charge < -0.3 is 4.74 Å². The molecule has 1 fully saturated rings. The Labute approximate surface area is 112 Å². The van der Waals surface area contributed by atoms with Crippen LogP contribution in [-0.4, -0.2) is 24.8 Å². The summed E-state index contributed by atoms with van der Waals surface area (Å²) >= 11 is 0. The van der Waals surface area contributed by atoms with E-state index in [9.17, 15) is 5.26 Å². The number of ether oxygens (including phenoxy) is 1. The van der Waals surface area contributed by atoms with E-state index in [0.717, 1.165) is 45.3 Å². The zero-order chi connectivity index (χ0) is 13.3. The highest BCUT2D eigenvalue weighted by atomic mass is 16.5. The Morgan fingerprint density at radius 1 is 1.33 bits per heavy atom. The Bertz CT molecular complexity index is 258. The molecule has 0 heterocycles. The van der Waals surface area contributed by atoms with Crippen LogP contribution >= 0.6 is 0 Å². The molecular formula is C15H28N2O. The van der Waals surface area contributed by atoms with E-state index < -0.39 is 0 Å². The fourth-order valence-electron chi connectivity index (χ4n) is 2.79. The summed E-state index contributed by atoms with van der Waals surface area (Å²) in [5.41, 5.74) is -0.332. The highest BCUT2D eigenvalue weighted by Gasteiger charge is 2.36. The van der Waals surface area contributed by atoms with Gasteiger partial charge in [0, 0.05) is 13.0 Å². The lowest BCUT2D eigenvalue weighted by molar-refractivity contribution is 0.00762. The number of unbranched alkanes of at least 4 members (excludes halogenated alkanes) is 3. The first-order valence-corrected chi connectivity index (χ1v) is 7.54. The normalized spacial score (nSPS) is 27.9.